The predicted molar refractivity (Wildman–Crippen MR) is 118 cm³/mol. The number of benzene rings is 1. The Morgan fingerprint density at radius 2 is 1.80 bits per heavy atom. The van der Waals surface area contributed by atoms with Crippen LogP contribution >= 0.6 is 0 Å². The van der Waals surface area contributed by atoms with Gasteiger partial charge in [-0.25, -0.2) is 4.79 Å². The summed E-state index contributed by atoms with van der Waals surface area (Å²) >= 11 is 0. The van der Waals surface area contributed by atoms with Crippen molar-refractivity contribution in [2.75, 3.05) is 44.6 Å². The molecule has 7 heteroatoms. The number of carbonyl (C=O) groups excluding carboxylic acids is 1. The maximum Gasteiger partial charge on any atom is 0.319 e. The summed E-state index contributed by atoms with van der Waals surface area (Å²) in [5, 5.41) is 15.5. The summed E-state index contributed by atoms with van der Waals surface area (Å²) in [7, 11) is 0. The van der Waals surface area contributed by atoms with Gasteiger partial charge in [-0.3, -0.25) is 4.90 Å². The van der Waals surface area contributed by atoms with E-state index < -0.39 is 0 Å². The lowest BCUT2D eigenvalue weighted by atomic mass is 9.90. The summed E-state index contributed by atoms with van der Waals surface area (Å²) in [6.45, 7) is 5.30. The van der Waals surface area contributed by atoms with Gasteiger partial charge in [0.05, 0.1) is 6.10 Å². The SMILES string of the molecule is O=C(NCCN1CCCC(O)C1)Nc1ccc(OC2CCN(C3CCC3)CC2)cc1. The Morgan fingerprint density at radius 3 is 2.47 bits per heavy atom. The summed E-state index contributed by atoms with van der Waals surface area (Å²) < 4.78 is 6.15. The molecule has 2 saturated heterocycles. The topological polar surface area (TPSA) is 77.1 Å². The molecule has 7 nitrogen and oxygen atoms in total. The number of nitrogens with one attached hydrogen (secondary N) is 2. The molecule has 166 valence electrons. The first-order chi connectivity index (χ1) is 14.7. The summed E-state index contributed by atoms with van der Waals surface area (Å²) in [5.74, 6) is 0.867. The van der Waals surface area contributed by atoms with E-state index in [1.165, 1.54) is 19.3 Å². The van der Waals surface area contributed by atoms with Crippen molar-refractivity contribution in [1.29, 1.82) is 0 Å². The molecule has 2 aliphatic heterocycles. The average molecular weight is 417 g/mol. The number of amides is 2. The monoisotopic (exact) mass is 416 g/mol. The van der Waals surface area contributed by atoms with E-state index in [1.54, 1.807) is 0 Å². The number of anilines is 1. The molecule has 30 heavy (non-hydrogen) atoms. The second-order valence-corrected chi connectivity index (χ2v) is 8.94. The van der Waals surface area contributed by atoms with E-state index in [0.29, 0.717) is 13.1 Å². The van der Waals surface area contributed by atoms with Gasteiger partial charge in [0.25, 0.3) is 0 Å². The molecule has 0 aromatic heterocycles. The minimum atomic E-state index is -0.233. The van der Waals surface area contributed by atoms with Crippen molar-refractivity contribution in [3.63, 3.8) is 0 Å². The number of piperidine rings is 2. The van der Waals surface area contributed by atoms with E-state index in [9.17, 15) is 9.90 Å². The minimum absolute atomic E-state index is 0.204. The molecule has 4 rings (SSSR count). The van der Waals surface area contributed by atoms with E-state index in [0.717, 1.165) is 69.3 Å². The third-order valence-corrected chi connectivity index (χ3v) is 6.68. The lowest BCUT2D eigenvalue weighted by molar-refractivity contribution is 0.0493. The van der Waals surface area contributed by atoms with Crippen molar-refractivity contribution in [3.8, 4) is 5.75 Å². The highest BCUT2D eigenvalue weighted by Crippen LogP contribution is 2.28. The van der Waals surface area contributed by atoms with Crippen molar-refractivity contribution < 1.29 is 14.6 Å². The van der Waals surface area contributed by atoms with Crippen LogP contribution in [0.15, 0.2) is 24.3 Å². The molecular weight excluding hydrogens is 380 g/mol. The van der Waals surface area contributed by atoms with Crippen LogP contribution in [-0.2, 0) is 0 Å². The molecular formula is C23H36N4O3. The number of aliphatic hydroxyl groups excluding tert-OH is 1. The highest BCUT2D eigenvalue weighted by Gasteiger charge is 2.29. The lowest BCUT2D eigenvalue weighted by Crippen LogP contribution is -2.46. The van der Waals surface area contributed by atoms with Gasteiger partial charge in [0.1, 0.15) is 11.9 Å². The lowest BCUT2D eigenvalue weighted by Gasteiger charge is -2.41. The molecule has 0 spiro atoms. The summed E-state index contributed by atoms with van der Waals surface area (Å²) in [6, 6.07) is 8.27. The molecule has 0 radical (unpaired) electrons. The second-order valence-electron chi connectivity index (χ2n) is 8.94. The van der Waals surface area contributed by atoms with E-state index in [-0.39, 0.29) is 18.2 Å². The van der Waals surface area contributed by atoms with Crippen LogP contribution in [0.3, 0.4) is 0 Å². The molecule has 0 bridgehead atoms. The van der Waals surface area contributed by atoms with Gasteiger partial charge in [0.2, 0.25) is 0 Å². The molecule has 1 aromatic rings. The van der Waals surface area contributed by atoms with Gasteiger partial charge in [-0.1, -0.05) is 6.42 Å². The third-order valence-electron chi connectivity index (χ3n) is 6.68. The van der Waals surface area contributed by atoms with Gasteiger partial charge >= 0.3 is 6.03 Å². The third kappa shape index (κ3) is 6.09. The van der Waals surface area contributed by atoms with Gasteiger partial charge in [-0.15, -0.1) is 0 Å². The van der Waals surface area contributed by atoms with Crippen molar-refractivity contribution in [2.24, 2.45) is 0 Å². The van der Waals surface area contributed by atoms with Crippen molar-refractivity contribution in [3.05, 3.63) is 24.3 Å². The van der Waals surface area contributed by atoms with Crippen LogP contribution < -0.4 is 15.4 Å². The smallest absolute Gasteiger partial charge is 0.319 e. The highest BCUT2D eigenvalue weighted by molar-refractivity contribution is 5.89. The number of urea groups is 1. The summed E-state index contributed by atoms with van der Waals surface area (Å²) in [4.78, 5) is 16.9. The van der Waals surface area contributed by atoms with Crippen molar-refractivity contribution in [2.45, 2.75) is 63.2 Å². The number of ether oxygens (including phenoxy) is 1. The zero-order valence-corrected chi connectivity index (χ0v) is 17.9. The molecule has 1 aliphatic carbocycles. The number of likely N-dealkylation sites (tertiary alicyclic amines) is 2. The Kier molecular flexibility index (Phi) is 7.47. The van der Waals surface area contributed by atoms with Crippen LogP contribution in [0.4, 0.5) is 10.5 Å². The fourth-order valence-corrected chi connectivity index (χ4v) is 4.66. The number of carbonyl (C=O) groups is 1. The number of aliphatic hydroxyl groups is 1. The van der Waals surface area contributed by atoms with Crippen LogP contribution in [0.5, 0.6) is 5.75 Å². The van der Waals surface area contributed by atoms with Crippen LogP contribution in [0, 0.1) is 0 Å². The molecule has 2 amide bonds. The minimum Gasteiger partial charge on any atom is -0.490 e. The first-order valence-corrected chi connectivity index (χ1v) is 11.6. The largest absolute Gasteiger partial charge is 0.490 e. The fraction of sp³-hybridized carbons (Fsp3) is 0.696. The van der Waals surface area contributed by atoms with Crippen LogP contribution in [-0.4, -0.2) is 78.5 Å². The van der Waals surface area contributed by atoms with E-state index >= 15 is 0 Å². The van der Waals surface area contributed by atoms with Gasteiger partial charge in [0.15, 0.2) is 0 Å². The number of β-amino-alcohol motifs (C(OH)–C–C–N with tert-alkyl or cyclic N) is 1. The van der Waals surface area contributed by atoms with E-state index in [2.05, 4.69) is 20.4 Å². The standard InChI is InChI=1S/C23H36N4O3/c28-20-5-2-13-26(17-20)16-12-24-23(29)25-18-6-8-21(9-7-18)30-22-10-14-27(15-11-22)19-3-1-4-19/h6-9,19-20,22,28H,1-5,10-17H2,(H2,24,25,29). The molecule has 1 atom stereocenters. The average Bonchev–Trinajstić information content (AvgIpc) is 2.70. The highest BCUT2D eigenvalue weighted by atomic mass is 16.5. The molecule has 1 aromatic carbocycles. The molecule has 1 saturated carbocycles. The normalized spacial score (nSPS) is 24.2. The van der Waals surface area contributed by atoms with Gasteiger partial charge in [-0.05, 0) is 69.3 Å². The summed E-state index contributed by atoms with van der Waals surface area (Å²) in [6.07, 6.45) is 8.26. The zero-order chi connectivity index (χ0) is 20.8. The quantitative estimate of drug-likeness (QED) is 0.637. The number of rotatable bonds is 7. The number of nitrogens with zero attached hydrogens (tertiary/aromatic N) is 2. The van der Waals surface area contributed by atoms with Gasteiger partial charge in [0, 0.05) is 44.5 Å². The van der Waals surface area contributed by atoms with Crippen LogP contribution in [0.25, 0.3) is 0 Å². The van der Waals surface area contributed by atoms with Gasteiger partial charge in [-0.2, -0.15) is 0 Å². The molecule has 1 unspecified atom stereocenters. The number of hydrogen-bond donors (Lipinski definition) is 3. The molecule has 3 aliphatic rings. The Hall–Kier alpha value is -1.83. The van der Waals surface area contributed by atoms with E-state index in [4.69, 9.17) is 4.74 Å². The Balaban J connectivity index is 1.13. The molecule has 2 heterocycles. The molecule has 3 N–H and O–H groups in total. The Bertz CT molecular complexity index is 672. The van der Waals surface area contributed by atoms with Crippen molar-refractivity contribution in [1.82, 2.24) is 15.1 Å². The summed E-state index contributed by atoms with van der Waals surface area (Å²) in [5.41, 5.74) is 0.757. The Labute approximate surface area is 179 Å². The zero-order valence-electron chi connectivity index (χ0n) is 17.9. The van der Waals surface area contributed by atoms with E-state index in [1.807, 2.05) is 24.3 Å². The Morgan fingerprint density at radius 1 is 1.03 bits per heavy atom. The van der Waals surface area contributed by atoms with Crippen LogP contribution in [0.2, 0.25) is 0 Å². The van der Waals surface area contributed by atoms with Crippen molar-refractivity contribution >= 4 is 11.7 Å². The second kappa shape index (κ2) is 10.5. The predicted octanol–water partition coefficient (Wildman–Crippen LogP) is 2.66. The first-order valence-electron chi connectivity index (χ1n) is 11.6. The fourth-order valence-electron chi connectivity index (χ4n) is 4.66. The van der Waals surface area contributed by atoms with Gasteiger partial charge < -0.3 is 25.4 Å². The first kappa shape index (κ1) is 21.4. The molecule has 3 fully saturated rings. The number of hydrogen-bond acceptors (Lipinski definition) is 5. The maximum atomic E-state index is 12.1. The van der Waals surface area contributed by atoms with Crippen LogP contribution in [0.1, 0.15) is 44.9 Å². The maximum absolute atomic E-state index is 12.1.